The number of esters is 3. The summed E-state index contributed by atoms with van der Waals surface area (Å²) in [6, 6.07) is 0. The van der Waals surface area contributed by atoms with Gasteiger partial charge >= 0.3 is 17.9 Å². The Bertz CT molecular complexity index is 1620. The summed E-state index contributed by atoms with van der Waals surface area (Å²) in [5.41, 5.74) is 0. The standard InChI is InChI=1S/C75H128O6/c1-4-7-10-13-15-17-19-21-23-25-27-29-31-33-34-35-36-37-38-39-40-42-43-45-47-49-51-53-55-57-59-62-65-68-74(77)80-71-72(70-79-73(76)67-64-61-12-9-6-3)81-75(78)69-66-63-60-58-56-54-52-50-48-46-44-41-32-30-28-26-24-22-20-18-16-14-11-8-5-2/h7,10,15,17,20-23,26-29,32-34,36-37,41,72H,4-6,8-9,11-14,16,18-19,24-25,30-31,35,38-40,42-71H2,1-3H3/b10-7-,17-15-,22-20-,23-21-,28-26-,29-27-,34-33-,37-36-,41-32-. The molecule has 81 heavy (non-hydrogen) atoms. The maximum atomic E-state index is 12.9. The van der Waals surface area contributed by atoms with Crippen LogP contribution in [0.5, 0.6) is 0 Å². The second-order valence-corrected chi connectivity index (χ2v) is 22.7. The first-order chi connectivity index (χ1) is 40.0. The predicted molar refractivity (Wildman–Crippen MR) is 353 cm³/mol. The van der Waals surface area contributed by atoms with E-state index in [2.05, 4.69) is 130 Å². The largest absolute Gasteiger partial charge is 0.462 e. The molecular weight excluding hydrogens is 997 g/mol. The van der Waals surface area contributed by atoms with Crippen molar-refractivity contribution in [3.63, 3.8) is 0 Å². The predicted octanol–water partition coefficient (Wildman–Crippen LogP) is 23.8. The van der Waals surface area contributed by atoms with E-state index in [0.717, 1.165) is 116 Å². The van der Waals surface area contributed by atoms with Gasteiger partial charge in [0.2, 0.25) is 0 Å². The highest BCUT2D eigenvalue weighted by Gasteiger charge is 2.19. The van der Waals surface area contributed by atoms with Crippen molar-refractivity contribution in [3.8, 4) is 0 Å². The molecule has 0 heterocycles. The van der Waals surface area contributed by atoms with Crippen molar-refractivity contribution in [3.05, 3.63) is 109 Å². The summed E-state index contributed by atoms with van der Waals surface area (Å²) in [6.07, 6.45) is 94.5. The number of carbonyl (C=O) groups excluding carboxylic acids is 3. The molecule has 1 unspecified atom stereocenters. The average molecular weight is 1130 g/mol. The van der Waals surface area contributed by atoms with Crippen LogP contribution in [0.3, 0.4) is 0 Å². The maximum Gasteiger partial charge on any atom is 0.306 e. The monoisotopic (exact) mass is 1120 g/mol. The Labute approximate surface area is 501 Å². The fourth-order valence-electron chi connectivity index (χ4n) is 9.63. The Morgan fingerprint density at radius 2 is 0.481 bits per heavy atom. The number of ether oxygens (including phenoxy) is 3. The van der Waals surface area contributed by atoms with E-state index in [1.54, 1.807) is 0 Å². The lowest BCUT2D eigenvalue weighted by Gasteiger charge is -2.18. The minimum atomic E-state index is -0.777. The van der Waals surface area contributed by atoms with E-state index in [1.807, 2.05) is 0 Å². The van der Waals surface area contributed by atoms with Crippen LogP contribution in [0.25, 0.3) is 0 Å². The number of carbonyl (C=O) groups is 3. The van der Waals surface area contributed by atoms with Crippen LogP contribution in [-0.2, 0) is 28.6 Å². The van der Waals surface area contributed by atoms with E-state index >= 15 is 0 Å². The third-order valence-corrected chi connectivity index (χ3v) is 14.8. The van der Waals surface area contributed by atoms with Gasteiger partial charge in [0.05, 0.1) is 0 Å². The van der Waals surface area contributed by atoms with Crippen molar-refractivity contribution in [1.29, 1.82) is 0 Å². The Balaban J connectivity index is 4.00. The molecule has 464 valence electrons. The molecule has 0 spiro atoms. The van der Waals surface area contributed by atoms with E-state index in [-0.39, 0.29) is 31.1 Å². The number of rotatable bonds is 62. The van der Waals surface area contributed by atoms with Crippen LogP contribution in [0.15, 0.2) is 109 Å². The van der Waals surface area contributed by atoms with Gasteiger partial charge < -0.3 is 14.2 Å². The molecule has 0 saturated heterocycles. The Morgan fingerprint density at radius 3 is 0.753 bits per heavy atom. The van der Waals surface area contributed by atoms with Crippen molar-refractivity contribution in [2.45, 2.75) is 335 Å². The van der Waals surface area contributed by atoms with Gasteiger partial charge in [-0.15, -0.1) is 0 Å². The van der Waals surface area contributed by atoms with Crippen LogP contribution in [0.4, 0.5) is 0 Å². The zero-order chi connectivity index (χ0) is 58.5. The van der Waals surface area contributed by atoms with Gasteiger partial charge in [-0.25, -0.2) is 0 Å². The fraction of sp³-hybridized carbons (Fsp3) is 0.720. The molecule has 0 aromatic heterocycles. The van der Waals surface area contributed by atoms with Crippen LogP contribution in [0.1, 0.15) is 329 Å². The molecule has 1 atom stereocenters. The summed E-state index contributed by atoms with van der Waals surface area (Å²) in [7, 11) is 0. The minimum Gasteiger partial charge on any atom is -0.462 e. The van der Waals surface area contributed by atoms with Gasteiger partial charge in [0.15, 0.2) is 6.10 Å². The summed E-state index contributed by atoms with van der Waals surface area (Å²) in [5.74, 6) is -0.887. The normalized spacial score (nSPS) is 12.8. The van der Waals surface area contributed by atoms with E-state index in [4.69, 9.17) is 14.2 Å². The minimum absolute atomic E-state index is 0.0780. The van der Waals surface area contributed by atoms with Gasteiger partial charge in [-0.3, -0.25) is 14.4 Å². The first-order valence-electron chi connectivity index (χ1n) is 34.4. The Morgan fingerprint density at radius 1 is 0.259 bits per heavy atom. The molecule has 6 nitrogen and oxygen atoms in total. The second-order valence-electron chi connectivity index (χ2n) is 22.7. The summed E-state index contributed by atoms with van der Waals surface area (Å²) in [4.78, 5) is 38.0. The topological polar surface area (TPSA) is 78.9 Å². The zero-order valence-electron chi connectivity index (χ0n) is 53.3. The smallest absolute Gasteiger partial charge is 0.306 e. The quantitative estimate of drug-likeness (QED) is 0.0261. The van der Waals surface area contributed by atoms with Gasteiger partial charge in [0.1, 0.15) is 13.2 Å². The first-order valence-corrected chi connectivity index (χ1v) is 34.4. The van der Waals surface area contributed by atoms with Crippen molar-refractivity contribution in [2.75, 3.05) is 13.2 Å². The third kappa shape index (κ3) is 66.8. The van der Waals surface area contributed by atoms with Crippen LogP contribution >= 0.6 is 0 Å². The van der Waals surface area contributed by atoms with Crippen LogP contribution < -0.4 is 0 Å². The summed E-state index contributed by atoms with van der Waals surface area (Å²) in [5, 5.41) is 0. The molecule has 0 N–H and O–H groups in total. The van der Waals surface area contributed by atoms with Crippen molar-refractivity contribution >= 4 is 17.9 Å². The fourth-order valence-corrected chi connectivity index (χ4v) is 9.63. The van der Waals surface area contributed by atoms with Crippen molar-refractivity contribution in [2.24, 2.45) is 0 Å². The van der Waals surface area contributed by atoms with Crippen molar-refractivity contribution < 1.29 is 28.6 Å². The molecule has 0 rings (SSSR count). The molecule has 0 aliphatic carbocycles. The van der Waals surface area contributed by atoms with E-state index in [0.29, 0.717) is 19.3 Å². The molecule has 0 aromatic carbocycles. The third-order valence-electron chi connectivity index (χ3n) is 14.8. The zero-order valence-corrected chi connectivity index (χ0v) is 53.3. The van der Waals surface area contributed by atoms with Crippen LogP contribution in [-0.4, -0.2) is 37.2 Å². The van der Waals surface area contributed by atoms with E-state index in [9.17, 15) is 14.4 Å². The summed E-state index contributed by atoms with van der Waals surface area (Å²) < 4.78 is 16.8. The highest BCUT2D eigenvalue weighted by atomic mass is 16.6. The maximum absolute atomic E-state index is 12.9. The molecule has 0 aliphatic rings. The Kier molecular flexibility index (Phi) is 65.2. The van der Waals surface area contributed by atoms with Crippen molar-refractivity contribution in [1.82, 2.24) is 0 Å². The molecule has 0 amide bonds. The lowest BCUT2D eigenvalue weighted by molar-refractivity contribution is -0.167. The molecule has 6 heteroatoms. The lowest BCUT2D eigenvalue weighted by atomic mass is 10.0. The van der Waals surface area contributed by atoms with Gasteiger partial charge in [-0.2, -0.15) is 0 Å². The summed E-state index contributed by atoms with van der Waals surface area (Å²) in [6.45, 7) is 6.45. The molecular formula is C75H128O6. The first kappa shape index (κ1) is 77.1. The SMILES string of the molecule is CC/C=C\C/C=C\C/C=C\C/C=C\C/C=C\C/C=C\CCCCCCCCCCCCCCCCC(=O)OCC(COC(=O)CCCCCCC)OC(=O)CCCCCCCCCCCC/C=C\C/C=C\C/C=C\CCCCCCC. The van der Waals surface area contributed by atoms with Crippen LogP contribution in [0.2, 0.25) is 0 Å². The lowest BCUT2D eigenvalue weighted by Crippen LogP contribution is -2.30. The highest BCUT2D eigenvalue weighted by Crippen LogP contribution is 2.17. The molecule has 0 aromatic rings. The number of allylic oxidation sites excluding steroid dienone is 18. The van der Waals surface area contributed by atoms with Gasteiger partial charge in [-0.05, 0) is 109 Å². The molecule has 0 bridgehead atoms. The summed E-state index contributed by atoms with van der Waals surface area (Å²) >= 11 is 0. The molecule has 0 radical (unpaired) electrons. The molecule has 0 fully saturated rings. The number of hydrogen-bond donors (Lipinski definition) is 0. The van der Waals surface area contributed by atoms with Crippen LogP contribution in [0, 0.1) is 0 Å². The van der Waals surface area contributed by atoms with Gasteiger partial charge in [0.25, 0.3) is 0 Å². The Hall–Kier alpha value is -3.93. The second kappa shape index (κ2) is 68.6. The number of unbranched alkanes of at least 4 members (excludes halogenated alkanes) is 33. The van der Waals surface area contributed by atoms with Gasteiger partial charge in [0, 0.05) is 19.3 Å². The molecule has 0 aliphatic heterocycles. The average Bonchev–Trinajstić information content (AvgIpc) is 3.47. The van der Waals surface area contributed by atoms with E-state index in [1.165, 1.54) is 173 Å². The van der Waals surface area contributed by atoms with Gasteiger partial charge in [-0.1, -0.05) is 310 Å². The highest BCUT2D eigenvalue weighted by molar-refractivity contribution is 5.71. The molecule has 0 saturated carbocycles. The van der Waals surface area contributed by atoms with E-state index < -0.39 is 6.10 Å². The number of hydrogen-bond acceptors (Lipinski definition) is 6.